The van der Waals surface area contributed by atoms with Gasteiger partial charge in [0.15, 0.2) is 10.9 Å². The molecule has 0 spiro atoms. The number of nitro groups is 1. The second kappa shape index (κ2) is 7.87. The molecule has 0 unspecified atom stereocenters. The first-order valence-corrected chi connectivity index (χ1v) is 7.95. The first-order chi connectivity index (χ1) is 11.0. The monoisotopic (exact) mass is 337 g/mol. The molecule has 1 saturated carbocycles. The molecule has 124 valence electrons. The van der Waals surface area contributed by atoms with E-state index in [1.54, 1.807) is 6.92 Å². The standard InChI is InChI=1S/C15H19N3O4S/c1-2-22-13-8-7-10(9-12(13)18(20)21)14(19)17-15(23)16-11-5-3-4-6-11/h7-9,11H,2-6H2,1H3,(H2,16,17,19,23). The van der Waals surface area contributed by atoms with E-state index >= 15 is 0 Å². The molecular formula is C15H19N3O4S. The zero-order valence-electron chi connectivity index (χ0n) is 12.8. The van der Waals surface area contributed by atoms with Crippen molar-refractivity contribution in [2.24, 2.45) is 0 Å². The average Bonchev–Trinajstić information content (AvgIpc) is 3.00. The Labute approximate surface area is 139 Å². The van der Waals surface area contributed by atoms with Gasteiger partial charge in [-0.3, -0.25) is 20.2 Å². The minimum absolute atomic E-state index is 0.140. The topological polar surface area (TPSA) is 93.5 Å². The largest absolute Gasteiger partial charge is 0.487 e. The summed E-state index contributed by atoms with van der Waals surface area (Å²) >= 11 is 5.12. The molecule has 1 aliphatic rings. The molecule has 0 radical (unpaired) electrons. The van der Waals surface area contributed by atoms with Crippen LogP contribution in [0.15, 0.2) is 18.2 Å². The van der Waals surface area contributed by atoms with Gasteiger partial charge in [0.05, 0.1) is 11.5 Å². The normalized spacial score (nSPS) is 14.3. The van der Waals surface area contributed by atoms with Crippen LogP contribution in [-0.4, -0.2) is 28.6 Å². The number of nitro benzene ring substituents is 1. The zero-order chi connectivity index (χ0) is 16.8. The molecule has 1 aliphatic carbocycles. The van der Waals surface area contributed by atoms with Crippen molar-refractivity contribution in [3.63, 3.8) is 0 Å². The van der Waals surface area contributed by atoms with Gasteiger partial charge in [-0.1, -0.05) is 12.8 Å². The molecule has 0 heterocycles. The Kier molecular flexibility index (Phi) is 5.86. The Balaban J connectivity index is 2.04. The molecule has 23 heavy (non-hydrogen) atoms. The number of carbonyl (C=O) groups excluding carboxylic acids is 1. The lowest BCUT2D eigenvalue weighted by molar-refractivity contribution is -0.385. The Morgan fingerprint density at radius 3 is 2.74 bits per heavy atom. The quantitative estimate of drug-likeness (QED) is 0.487. The number of carbonyl (C=O) groups is 1. The molecule has 1 fully saturated rings. The minimum atomic E-state index is -0.573. The van der Waals surface area contributed by atoms with Crippen LogP contribution in [0.2, 0.25) is 0 Å². The van der Waals surface area contributed by atoms with Gasteiger partial charge in [-0.25, -0.2) is 0 Å². The summed E-state index contributed by atoms with van der Waals surface area (Å²) < 4.78 is 5.19. The highest BCUT2D eigenvalue weighted by atomic mass is 32.1. The van der Waals surface area contributed by atoms with Crippen LogP contribution in [0, 0.1) is 10.1 Å². The van der Waals surface area contributed by atoms with Crippen LogP contribution in [0.25, 0.3) is 0 Å². The molecule has 0 bridgehead atoms. The number of rotatable bonds is 5. The predicted octanol–water partition coefficient (Wildman–Crippen LogP) is 2.54. The molecule has 0 aliphatic heterocycles. The molecular weight excluding hydrogens is 318 g/mol. The number of nitrogens with one attached hydrogen (secondary N) is 2. The lowest BCUT2D eigenvalue weighted by Crippen LogP contribution is -2.43. The van der Waals surface area contributed by atoms with Crippen molar-refractivity contribution in [3.05, 3.63) is 33.9 Å². The van der Waals surface area contributed by atoms with Gasteiger partial charge in [-0.05, 0) is 44.1 Å². The maximum Gasteiger partial charge on any atom is 0.311 e. The smallest absolute Gasteiger partial charge is 0.311 e. The minimum Gasteiger partial charge on any atom is -0.487 e. The Hall–Kier alpha value is -2.22. The lowest BCUT2D eigenvalue weighted by Gasteiger charge is -2.15. The third-order valence-corrected chi connectivity index (χ3v) is 3.86. The zero-order valence-corrected chi connectivity index (χ0v) is 13.6. The summed E-state index contributed by atoms with van der Waals surface area (Å²) in [6.45, 7) is 2.04. The lowest BCUT2D eigenvalue weighted by atomic mass is 10.1. The Morgan fingerprint density at radius 1 is 1.43 bits per heavy atom. The predicted molar refractivity (Wildman–Crippen MR) is 89.7 cm³/mol. The molecule has 1 aromatic rings. The SMILES string of the molecule is CCOc1ccc(C(=O)NC(=S)NC2CCCC2)cc1[N+](=O)[O-]. The average molecular weight is 337 g/mol. The maximum atomic E-state index is 12.2. The van der Waals surface area contributed by atoms with Gasteiger partial charge >= 0.3 is 5.69 Å². The van der Waals surface area contributed by atoms with Crippen molar-refractivity contribution in [2.75, 3.05) is 6.61 Å². The van der Waals surface area contributed by atoms with Gasteiger partial charge in [0.25, 0.3) is 5.91 Å². The molecule has 8 heteroatoms. The van der Waals surface area contributed by atoms with Crippen LogP contribution in [0.1, 0.15) is 43.0 Å². The van der Waals surface area contributed by atoms with E-state index < -0.39 is 10.8 Å². The number of benzene rings is 1. The van der Waals surface area contributed by atoms with E-state index in [0.717, 1.165) is 25.7 Å². The Bertz CT molecular complexity index is 615. The van der Waals surface area contributed by atoms with Gasteiger partial charge < -0.3 is 10.1 Å². The molecule has 2 N–H and O–H groups in total. The number of ether oxygens (including phenoxy) is 1. The van der Waals surface area contributed by atoms with Crippen LogP contribution in [-0.2, 0) is 0 Å². The maximum absolute atomic E-state index is 12.2. The third-order valence-electron chi connectivity index (χ3n) is 3.64. The first-order valence-electron chi connectivity index (χ1n) is 7.54. The van der Waals surface area contributed by atoms with E-state index in [1.807, 2.05) is 0 Å². The summed E-state index contributed by atoms with van der Waals surface area (Å²) in [6, 6.07) is 4.38. The fourth-order valence-electron chi connectivity index (χ4n) is 2.55. The first kappa shape index (κ1) is 17.1. The molecule has 0 saturated heterocycles. The van der Waals surface area contributed by atoms with Gasteiger partial charge in [0.2, 0.25) is 0 Å². The number of hydrogen-bond acceptors (Lipinski definition) is 5. The van der Waals surface area contributed by atoms with Crippen LogP contribution >= 0.6 is 12.2 Å². The van der Waals surface area contributed by atoms with E-state index in [1.165, 1.54) is 18.2 Å². The van der Waals surface area contributed by atoms with Gasteiger partial charge in [-0.2, -0.15) is 0 Å². The summed E-state index contributed by atoms with van der Waals surface area (Å²) in [5.74, 6) is -0.340. The summed E-state index contributed by atoms with van der Waals surface area (Å²) in [5.41, 5.74) is -0.0788. The van der Waals surface area contributed by atoms with Crippen molar-refractivity contribution < 1.29 is 14.5 Å². The van der Waals surface area contributed by atoms with Gasteiger partial charge in [-0.15, -0.1) is 0 Å². The van der Waals surface area contributed by atoms with Crippen molar-refractivity contribution in [3.8, 4) is 5.75 Å². The van der Waals surface area contributed by atoms with Gasteiger partial charge in [0, 0.05) is 17.7 Å². The van der Waals surface area contributed by atoms with Gasteiger partial charge in [0.1, 0.15) is 0 Å². The van der Waals surface area contributed by atoms with E-state index in [0.29, 0.717) is 6.61 Å². The molecule has 0 atom stereocenters. The molecule has 1 amide bonds. The highest BCUT2D eigenvalue weighted by molar-refractivity contribution is 7.80. The highest BCUT2D eigenvalue weighted by Crippen LogP contribution is 2.28. The van der Waals surface area contributed by atoms with Crippen molar-refractivity contribution in [1.29, 1.82) is 0 Å². The second-order valence-corrected chi connectivity index (χ2v) is 5.69. The van der Waals surface area contributed by atoms with Crippen molar-refractivity contribution >= 4 is 28.9 Å². The number of hydrogen-bond donors (Lipinski definition) is 2. The summed E-state index contributed by atoms with van der Waals surface area (Å²) in [6.07, 6.45) is 4.37. The fourth-order valence-corrected chi connectivity index (χ4v) is 2.81. The molecule has 0 aromatic heterocycles. The molecule has 7 nitrogen and oxygen atoms in total. The highest BCUT2D eigenvalue weighted by Gasteiger charge is 2.20. The van der Waals surface area contributed by atoms with E-state index in [-0.39, 0.29) is 28.2 Å². The fraction of sp³-hybridized carbons (Fsp3) is 0.467. The van der Waals surface area contributed by atoms with Crippen LogP contribution < -0.4 is 15.4 Å². The van der Waals surface area contributed by atoms with E-state index in [4.69, 9.17) is 17.0 Å². The Morgan fingerprint density at radius 2 is 2.13 bits per heavy atom. The summed E-state index contributed by atoms with van der Waals surface area (Å²) in [4.78, 5) is 22.7. The second-order valence-electron chi connectivity index (χ2n) is 5.28. The summed E-state index contributed by atoms with van der Waals surface area (Å²) in [5, 5.41) is 17.0. The number of amides is 1. The van der Waals surface area contributed by atoms with Crippen molar-refractivity contribution in [2.45, 2.75) is 38.6 Å². The van der Waals surface area contributed by atoms with E-state index in [9.17, 15) is 14.9 Å². The number of thiocarbonyl (C=S) groups is 1. The van der Waals surface area contributed by atoms with Crippen LogP contribution in [0.3, 0.4) is 0 Å². The van der Waals surface area contributed by atoms with E-state index in [2.05, 4.69) is 10.6 Å². The molecule has 2 rings (SSSR count). The summed E-state index contributed by atoms with van der Waals surface area (Å²) in [7, 11) is 0. The van der Waals surface area contributed by atoms with Crippen LogP contribution in [0.5, 0.6) is 5.75 Å². The number of nitrogens with zero attached hydrogens (tertiary/aromatic N) is 1. The van der Waals surface area contributed by atoms with Crippen molar-refractivity contribution in [1.82, 2.24) is 10.6 Å². The third kappa shape index (κ3) is 4.62. The molecule has 1 aromatic carbocycles. The van der Waals surface area contributed by atoms with Crippen LogP contribution in [0.4, 0.5) is 5.69 Å².